The quantitative estimate of drug-likeness (QED) is 0.612. The molecule has 0 bridgehead atoms. The molecule has 0 unspecified atom stereocenters. The zero-order chi connectivity index (χ0) is 14.1. The first-order chi connectivity index (χ1) is 8.82. The summed E-state index contributed by atoms with van der Waals surface area (Å²) in [5, 5.41) is 10.6. The number of rotatable bonds is 5. The SMILES string of the molecule is NC1(CNS(=O)(=O)c2cccc([N+](=O)[O-])c2)CCC1. The van der Waals surface area contributed by atoms with Gasteiger partial charge in [-0.05, 0) is 25.3 Å². The highest BCUT2D eigenvalue weighted by Crippen LogP contribution is 2.28. The van der Waals surface area contributed by atoms with E-state index in [-0.39, 0.29) is 17.1 Å². The number of non-ortho nitro benzene ring substituents is 1. The Balaban J connectivity index is 2.14. The number of nitrogens with zero attached hydrogens (tertiary/aromatic N) is 1. The maximum absolute atomic E-state index is 12.0. The molecular formula is C11H15N3O4S. The third-order valence-electron chi connectivity index (χ3n) is 3.30. The Bertz CT molecular complexity index is 596. The fourth-order valence-electron chi connectivity index (χ4n) is 1.89. The van der Waals surface area contributed by atoms with Crippen LogP contribution in [0, 0.1) is 10.1 Å². The van der Waals surface area contributed by atoms with Crippen LogP contribution in [-0.4, -0.2) is 25.4 Å². The van der Waals surface area contributed by atoms with Gasteiger partial charge in [-0.15, -0.1) is 0 Å². The van der Waals surface area contributed by atoms with E-state index in [1.165, 1.54) is 18.2 Å². The zero-order valence-corrected chi connectivity index (χ0v) is 11.0. The summed E-state index contributed by atoms with van der Waals surface area (Å²) in [6.07, 6.45) is 2.56. The summed E-state index contributed by atoms with van der Waals surface area (Å²) in [5.74, 6) is 0. The second-order valence-corrected chi connectivity index (χ2v) is 6.56. The summed E-state index contributed by atoms with van der Waals surface area (Å²) >= 11 is 0. The summed E-state index contributed by atoms with van der Waals surface area (Å²) in [6.45, 7) is 0.151. The number of nitrogens with one attached hydrogen (secondary N) is 1. The lowest BCUT2D eigenvalue weighted by atomic mass is 9.78. The van der Waals surface area contributed by atoms with Crippen molar-refractivity contribution in [3.05, 3.63) is 34.4 Å². The largest absolute Gasteiger partial charge is 0.324 e. The second kappa shape index (κ2) is 4.87. The average molecular weight is 285 g/mol. The Hall–Kier alpha value is -1.51. The van der Waals surface area contributed by atoms with Crippen LogP contribution in [0.2, 0.25) is 0 Å². The zero-order valence-electron chi connectivity index (χ0n) is 10.2. The van der Waals surface area contributed by atoms with E-state index in [2.05, 4.69) is 4.72 Å². The number of sulfonamides is 1. The van der Waals surface area contributed by atoms with Crippen LogP contribution in [0.5, 0.6) is 0 Å². The van der Waals surface area contributed by atoms with Crippen LogP contribution in [0.1, 0.15) is 19.3 Å². The minimum atomic E-state index is -3.76. The van der Waals surface area contributed by atoms with Gasteiger partial charge in [-0.1, -0.05) is 6.07 Å². The lowest BCUT2D eigenvalue weighted by Crippen LogP contribution is -2.54. The van der Waals surface area contributed by atoms with Crippen LogP contribution in [-0.2, 0) is 10.0 Å². The van der Waals surface area contributed by atoms with Gasteiger partial charge in [0.25, 0.3) is 5.69 Å². The molecular weight excluding hydrogens is 270 g/mol. The Morgan fingerprint density at radius 3 is 2.63 bits per heavy atom. The molecule has 0 radical (unpaired) electrons. The fraction of sp³-hybridized carbons (Fsp3) is 0.455. The molecule has 1 fully saturated rings. The average Bonchev–Trinajstić information content (AvgIpc) is 2.34. The van der Waals surface area contributed by atoms with Gasteiger partial charge in [-0.2, -0.15) is 0 Å². The number of nitro benzene ring substituents is 1. The van der Waals surface area contributed by atoms with Gasteiger partial charge in [0.05, 0.1) is 9.82 Å². The number of nitro groups is 1. The van der Waals surface area contributed by atoms with Gasteiger partial charge in [0, 0.05) is 24.2 Å². The molecule has 1 aromatic carbocycles. The van der Waals surface area contributed by atoms with Gasteiger partial charge in [-0.25, -0.2) is 13.1 Å². The van der Waals surface area contributed by atoms with Gasteiger partial charge in [0.1, 0.15) is 0 Å². The van der Waals surface area contributed by atoms with Crippen LogP contribution in [0.4, 0.5) is 5.69 Å². The first-order valence-electron chi connectivity index (χ1n) is 5.85. The van der Waals surface area contributed by atoms with Crippen molar-refractivity contribution in [2.45, 2.75) is 29.7 Å². The molecule has 2 rings (SSSR count). The number of benzene rings is 1. The van der Waals surface area contributed by atoms with E-state index >= 15 is 0 Å². The van der Waals surface area contributed by atoms with Crippen molar-refractivity contribution in [3.8, 4) is 0 Å². The van der Waals surface area contributed by atoms with Gasteiger partial charge >= 0.3 is 0 Å². The first kappa shape index (κ1) is 13.9. The minimum absolute atomic E-state index is 0.121. The first-order valence-corrected chi connectivity index (χ1v) is 7.34. The lowest BCUT2D eigenvalue weighted by molar-refractivity contribution is -0.385. The molecule has 8 heteroatoms. The number of hydrogen-bond donors (Lipinski definition) is 2. The molecule has 7 nitrogen and oxygen atoms in total. The molecule has 1 aromatic rings. The summed E-state index contributed by atoms with van der Waals surface area (Å²) in [5.41, 5.74) is 5.20. The number of hydrogen-bond acceptors (Lipinski definition) is 5. The number of nitrogens with two attached hydrogens (primary N) is 1. The van der Waals surface area contributed by atoms with Crippen molar-refractivity contribution in [3.63, 3.8) is 0 Å². The third kappa shape index (κ3) is 3.09. The van der Waals surface area contributed by atoms with E-state index in [0.717, 1.165) is 25.3 Å². The summed E-state index contributed by atoms with van der Waals surface area (Å²) in [6, 6.07) is 4.94. The van der Waals surface area contributed by atoms with E-state index < -0.39 is 20.5 Å². The highest BCUT2D eigenvalue weighted by Gasteiger charge is 2.33. The van der Waals surface area contributed by atoms with Crippen molar-refractivity contribution < 1.29 is 13.3 Å². The molecule has 0 saturated heterocycles. The molecule has 1 aliphatic carbocycles. The van der Waals surface area contributed by atoms with Crippen molar-refractivity contribution in [1.82, 2.24) is 4.72 Å². The van der Waals surface area contributed by atoms with E-state index in [1.807, 2.05) is 0 Å². The van der Waals surface area contributed by atoms with Gasteiger partial charge < -0.3 is 5.73 Å². The maximum atomic E-state index is 12.0. The van der Waals surface area contributed by atoms with Crippen LogP contribution in [0.3, 0.4) is 0 Å². The minimum Gasteiger partial charge on any atom is -0.324 e. The van der Waals surface area contributed by atoms with Gasteiger partial charge in [-0.3, -0.25) is 10.1 Å². The fourth-order valence-corrected chi connectivity index (χ4v) is 3.07. The highest BCUT2D eigenvalue weighted by molar-refractivity contribution is 7.89. The van der Waals surface area contributed by atoms with E-state index in [1.54, 1.807) is 0 Å². The molecule has 19 heavy (non-hydrogen) atoms. The van der Waals surface area contributed by atoms with Crippen molar-refractivity contribution >= 4 is 15.7 Å². The summed E-state index contributed by atoms with van der Waals surface area (Å²) in [7, 11) is -3.76. The molecule has 104 valence electrons. The van der Waals surface area contributed by atoms with E-state index in [4.69, 9.17) is 5.73 Å². The van der Waals surface area contributed by atoms with E-state index in [9.17, 15) is 18.5 Å². The molecule has 0 atom stereocenters. The molecule has 1 saturated carbocycles. The van der Waals surface area contributed by atoms with Crippen molar-refractivity contribution in [2.24, 2.45) is 5.73 Å². The Labute approximate surface area is 111 Å². The topological polar surface area (TPSA) is 115 Å². The van der Waals surface area contributed by atoms with Crippen molar-refractivity contribution in [2.75, 3.05) is 6.54 Å². The Kier molecular flexibility index (Phi) is 3.57. The standard InChI is InChI=1S/C11H15N3O4S/c12-11(5-2-6-11)8-13-19(17,18)10-4-1-3-9(7-10)14(15)16/h1,3-4,7,13H,2,5-6,8,12H2. The molecule has 0 heterocycles. The molecule has 0 spiro atoms. The van der Waals surface area contributed by atoms with Gasteiger partial charge in [0.2, 0.25) is 10.0 Å². The summed E-state index contributed by atoms with van der Waals surface area (Å²) < 4.78 is 26.4. The molecule has 1 aliphatic rings. The van der Waals surface area contributed by atoms with Crippen LogP contribution in [0.25, 0.3) is 0 Å². The van der Waals surface area contributed by atoms with Gasteiger partial charge in [0.15, 0.2) is 0 Å². The Morgan fingerprint density at radius 1 is 1.42 bits per heavy atom. The second-order valence-electron chi connectivity index (χ2n) is 4.79. The normalized spacial score (nSPS) is 17.7. The lowest BCUT2D eigenvalue weighted by Gasteiger charge is -2.37. The predicted octanol–water partition coefficient (Wildman–Crippen LogP) is 0.755. The van der Waals surface area contributed by atoms with Crippen LogP contribution in [0.15, 0.2) is 29.2 Å². The molecule has 0 aliphatic heterocycles. The maximum Gasteiger partial charge on any atom is 0.270 e. The molecule has 3 N–H and O–H groups in total. The van der Waals surface area contributed by atoms with E-state index in [0.29, 0.717) is 0 Å². The molecule has 0 amide bonds. The third-order valence-corrected chi connectivity index (χ3v) is 4.70. The van der Waals surface area contributed by atoms with Crippen LogP contribution >= 0.6 is 0 Å². The molecule has 0 aromatic heterocycles. The highest BCUT2D eigenvalue weighted by atomic mass is 32.2. The Morgan fingerprint density at radius 2 is 2.11 bits per heavy atom. The van der Waals surface area contributed by atoms with Crippen LogP contribution < -0.4 is 10.5 Å². The summed E-state index contributed by atoms with van der Waals surface area (Å²) in [4.78, 5) is 9.87. The monoisotopic (exact) mass is 285 g/mol. The predicted molar refractivity (Wildman–Crippen MR) is 69.1 cm³/mol. The smallest absolute Gasteiger partial charge is 0.270 e. The van der Waals surface area contributed by atoms with Crippen molar-refractivity contribution in [1.29, 1.82) is 0 Å².